The normalized spacial score (nSPS) is 11.7. The first-order valence-electron chi connectivity index (χ1n) is 9.93. The Hall–Kier alpha value is -3.92. The number of benzene rings is 3. The Morgan fingerprint density at radius 3 is 2.33 bits per heavy atom. The zero-order valence-corrected chi connectivity index (χ0v) is 16.9. The van der Waals surface area contributed by atoms with Gasteiger partial charge in [0.2, 0.25) is 0 Å². The van der Waals surface area contributed by atoms with Crippen molar-refractivity contribution in [2.75, 3.05) is 0 Å². The van der Waals surface area contributed by atoms with Gasteiger partial charge in [-0.3, -0.25) is 9.36 Å². The second kappa shape index (κ2) is 7.16. The van der Waals surface area contributed by atoms with Crippen LogP contribution in [0.1, 0.15) is 17.0 Å². The fourth-order valence-electron chi connectivity index (χ4n) is 3.88. The zero-order valence-electron chi connectivity index (χ0n) is 16.9. The van der Waals surface area contributed by atoms with Crippen molar-refractivity contribution >= 4 is 34.0 Å². The molecule has 0 N–H and O–H groups in total. The van der Waals surface area contributed by atoms with E-state index >= 15 is 0 Å². The summed E-state index contributed by atoms with van der Waals surface area (Å²) in [4.78, 5) is 18.2. The van der Waals surface area contributed by atoms with Crippen molar-refractivity contribution in [1.29, 1.82) is 0 Å². The first-order chi connectivity index (χ1) is 14.6. The van der Waals surface area contributed by atoms with Gasteiger partial charge in [0.25, 0.3) is 5.56 Å². The molecule has 0 aliphatic rings. The molecule has 30 heavy (non-hydrogen) atoms. The third-order valence-corrected chi connectivity index (χ3v) is 5.43. The predicted molar refractivity (Wildman–Crippen MR) is 124 cm³/mol. The van der Waals surface area contributed by atoms with Crippen LogP contribution in [0.2, 0.25) is 0 Å². The molecule has 0 unspecified atom stereocenters. The van der Waals surface area contributed by atoms with Gasteiger partial charge in [0, 0.05) is 29.7 Å². The van der Waals surface area contributed by atoms with Crippen LogP contribution in [0.25, 0.3) is 39.6 Å². The minimum Gasteiger partial charge on any atom is -0.350 e. The van der Waals surface area contributed by atoms with Gasteiger partial charge in [-0.25, -0.2) is 4.98 Å². The van der Waals surface area contributed by atoms with Crippen LogP contribution in [-0.2, 0) is 7.05 Å². The fourth-order valence-corrected chi connectivity index (χ4v) is 3.88. The summed E-state index contributed by atoms with van der Waals surface area (Å²) in [6.45, 7) is 2.03. The molecule has 5 aromatic rings. The highest BCUT2D eigenvalue weighted by Crippen LogP contribution is 2.23. The van der Waals surface area contributed by atoms with Gasteiger partial charge in [-0.15, -0.1) is 0 Å². The number of fused-ring (bicyclic) bond motifs is 2. The molecular weight excluding hydrogens is 370 g/mol. The van der Waals surface area contributed by atoms with Gasteiger partial charge in [-0.2, -0.15) is 0 Å². The highest BCUT2D eigenvalue weighted by molar-refractivity contribution is 5.92. The topological polar surface area (TPSA) is 39.8 Å². The lowest BCUT2D eigenvalue weighted by Crippen LogP contribution is -2.22. The van der Waals surface area contributed by atoms with E-state index in [0.717, 1.165) is 16.8 Å². The molecule has 0 aliphatic carbocycles. The van der Waals surface area contributed by atoms with Crippen LogP contribution < -0.4 is 5.56 Å². The molecule has 4 heteroatoms. The minimum absolute atomic E-state index is 0.0676. The highest BCUT2D eigenvalue weighted by Gasteiger charge is 2.11. The molecule has 146 valence electrons. The lowest BCUT2D eigenvalue weighted by molar-refractivity contribution is 0.943. The Morgan fingerprint density at radius 2 is 1.53 bits per heavy atom. The fraction of sp³-hybridized carbons (Fsp3) is 0.0769. The van der Waals surface area contributed by atoms with Gasteiger partial charge in [0.1, 0.15) is 5.82 Å². The number of hydrogen-bond acceptors (Lipinski definition) is 2. The lowest BCUT2D eigenvalue weighted by Gasteiger charge is -2.11. The van der Waals surface area contributed by atoms with Gasteiger partial charge in [-0.1, -0.05) is 48.0 Å². The molecule has 0 bridgehead atoms. The van der Waals surface area contributed by atoms with E-state index < -0.39 is 0 Å². The van der Waals surface area contributed by atoms with Crippen LogP contribution in [0.5, 0.6) is 0 Å². The maximum absolute atomic E-state index is 13.3. The molecule has 0 fully saturated rings. The summed E-state index contributed by atoms with van der Waals surface area (Å²) in [6.07, 6.45) is 6.05. The maximum atomic E-state index is 13.3. The Labute approximate surface area is 174 Å². The summed E-state index contributed by atoms with van der Waals surface area (Å²) in [5, 5.41) is 1.78. The van der Waals surface area contributed by atoms with Crippen LogP contribution in [0.3, 0.4) is 0 Å². The second-order valence-electron chi connectivity index (χ2n) is 7.51. The molecule has 2 heterocycles. The Balaban J connectivity index is 1.73. The number of para-hydroxylation sites is 2. The molecular formula is C26H21N3O. The van der Waals surface area contributed by atoms with Gasteiger partial charge < -0.3 is 4.57 Å². The van der Waals surface area contributed by atoms with E-state index in [-0.39, 0.29) is 5.56 Å². The highest BCUT2D eigenvalue weighted by atomic mass is 16.1. The van der Waals surface area contributed by atoms with Crippen LogP contribution >= 0.6 is 0 Å². The van der Waals surface area contributed by atoms with Crippen molar-refractivity contribution in [2.45, 2.75) is 6.92 Å². The van der Waals surface area contributed by atoms with E-state index in [2.05, 4.69) is 22.9 Å². The van der Waals surface area contributed by atoms with Crippen molar-refractivity contribution in [1.82, 2.24) is 14.1 Å². The molecule has 0 spiro atoms. The molecule has 0 saturated heterocycles. The molecule has 4 nitrogen and oxygen atoms in total. The lowest BCUT2D eigenvalue weighted by atomic mass is 10.1. The molecule has 0 saturated carbocycles. The van der Waals surface area contributed by atoms with Gasteiger partial charge in [0.05, 0.1) is 16.6 Å². The first kappa shape index (κ1) is 18.1. The van der Waals surface area contributed by atoms with Crippen LogP contribution in [0.15, 0.2) is 83.8 Å². The number of nitrogens with zero attached hydrogens (tertiary/aromatic N) is 3. The Bertz CT molecular complexity index is 1470. The van der Waals surface area contributed by atoms with Gasteiger partial charge in [-0.05, 0) is 49.4 Å². The van der Waals surface area contributed by atoms with Gasteiger partial charge >= 0.3 is 0 Å². The smallest absolute Gasteiger partial charge is 0.266 e. The van der Waals surface area contributed by atoms with Crippen molar-refractivity contribution in [3.63, 3.8) is 0 Å². The molecule has 0 aliphatic heterocycles. The number of rotatable bonds is 3. The summed E-state index contributed by atoms with van der Waals surface area (Å²) in [6, 6.07) is 23.7. The quantitative estimate of drug-likeness (QED) is 0.416. The van der Waals surface area contributed by atoms with Crippen molar-refractivity contribution < 1.29 is 0 Å². The average Bonchev–Trinajstić information content (AvgIpc) is 3.09. The second-order valence-corrected chi connectivity index (χ2v) is 7.51. The van der Waals surface area contributed by atoms with E-state index in [1.165, 1.54) is 10.9 Å². The number of hydrogen-bond donors (Lipinski definition) is 0. The summed E-state index contributed by atoms with van der Waals surface area (Å²) < 4.78 is 3.79. The molecule has 2 aromatic heterocycles. The van der Waals surface area contributed by atoms with Crippen LogP contribution in [-0.4, -0.2) is 14.1 Å². The Morgan fingerprint density at radius 1 is 0.833 bits per heavy atom. The zero-order chi connectivity index (χ0) is 20.7. The number of aromatic nitrogens is 3. The minimum atomic E-state index is -0.0676. The summed E-state index contributed by atoms with van der Waals surface area (Å²) in [5.41, 5.74) is 4.84. The molecule has 0 radical (unpaired) electrons. The maximum Gasteiger partial charge on any atom is 0.266 e. The monoisotopic (exact) mass is 391 g/mol. The van der Waals surface area contributed by atoms with Crippen molar-refractivity contribution in [3.05, 3.63) is 106 Å². The molecule has 0 amide bonds. The summed E-state index contributed by atoms with van der Waals surface area (Å²) in [5.74, 6) is 0.607. The third-order valence-electron chi connectivity index (χ3n) is 5.43. The van der Waals surface area contributed by atoms with E-state index in [0.29, 0.717) is 16.7 Å². The van der Waals surface area contributed by atoms with Crippen LogP contribution in [0.4, 0.5) is 0 Å². The summed E-state index contributed by atoms with van der Waals surface area (Å²) >= 11 is 0. The number of aryl methyl sites for hydroxylation is 2. The Kier molecular flexibility index (Phi) is 4.32. The standard InChI is InChI=1S/C26H21N3O/c1-18-11-14-20(15-12-18)29-25(27-23-9-5-3-8-22(23)26(29)30)16-13-19-17-28(2)24-10-6-4-7-21(19)24/h3-17H,1-2H3. The first-order valence-corrected chi connectivity index (χ1v) is 9.93. The molecule has 0 atom stereocenters. The van der Waals surface area contributed by atoms with Crippen molar-refractivity contribution in [3.8, 4) is 5.69 Å². The van der Waals surface area contributed by atoms with E-state index in [1.54, 1.807) is 4.57 Å². The molecule has 5 rings (SSSR count). The summed E-state index contributed by atoms with van der Waals surface area (Å²) in [7, 11) is 2.04. The largest absolute Gasteiger partial charge is 0.350 e. The molecule has 3 aromatic carbocycles. The van der Waals surface area contributed by atoms with E-state index in [9.17, 15) is 4.79 Å². The average molecular weight is 391 g/mol. The van der Waals surface area contributed by atoms with E-state index in [4.69, 9.17) is 4.98 Å². The van der Waals surface area contributed by atoms with Crippen LogP contribution in [0, 0.1) is 6.92 Å². The predicted octanol–water partition coefficient (Wildman–Crippen LogP) is 5.36. The van der Waals surface area contributed by atoms with Crippen molar-refractivity contribution in [2.24, 2.45) is 7.05 Å². The SMILES string of the molecule is Cc1ccc(-n2c(C=Cc3cn(C)c4ccccc34)nc3ccccc3c2=O)cc1. The van der Waals surface area contributed by atoms with Gasteiger partial charge in [0.15, 0.2) is 0 Å². The van der Waals surface area contributed by atoms with E-state index in [1.807, 2.05) is 86.8 Å². The third kappa shape index (κ3) is 3.03.